The Hall–Kier alpha value is -0.790. The highest BCUT2D eigenvalue weighted by molar-refractivity contribution is 4.82. The van der Waals surface area contributed by atoms with Crippen LogP contribution in [0.15, 0.2) is 16.9 Å². The molecule has 2 heteroatoms. The lowest BCUT2D eigenvalue weighted by molar-refractivity contribution is 0.370. The Balaban J connectivity index is 0.000000671. The summed E-state index contributed by atoms with van der Waals surface area (Å²) in [6, 6.07) is 0. The fourth-order valence-electron chi connectivity index (χ4n) is 0.865. The topological polar surface area (TPSA) is 26.0 Å². The second-order valence-corrected chi connectivity index (χ2v) is 3.35. The molecule has 1 heterocycles. The normalized spacial score (nSPS) is 12.2. The highest BCUT2D eigenvalue weighted by atomic mass is 16.3. The summed E-state index contributed by atoms with van der Waals surface area (Å²) in [5.74, 6) is 2.20. The maximum absolute atomic E-state index is 5.14. The van der Waals surface area contributed by atoms with Crippen LogP contribution in [0.5, 0.6) is 0 Å². The Morgan fingerprint density at radius 1 is 1.31 bits per heavy atom. The first-order valence-electron chi connectivity index (χ1n) is 5.08. The minimum atomic E-state index is 0.647. The molecule has 1 unspecified atom stereocenters. The van der Waals surface area contributed by atoms with E-state index in [-0.39, 0.29) is 0 Å². The maximum atomic E-state index is 5.14. The molecule has 0 aliphatic carbocycles. The first kappa shape index (κ1) is 12.2. The molecule has 0 aliphatic heterocycles. The molecule has 0 saturated heterocycles. The van der Waals surface area contributed by atoms with E-state index >= 15 is 0 Å². The fourth-order valence-corrected chi connectivity index (χ4v) is 0.865. The molecule has 1 rings (SSSR count). The first-order valence-corrected chi connectivity index (χ1v) is 5.08. The Labute approximate surface area is 81.4 Å². The van der Waals surface area contributed by atoms with Crippen molar-refractivity contribution in [2.24, 2.45) is 11.8 Å². The largest absolute Gasteiger partial charge is 0.449 e. The van der Waals surface area contributed by atoms with Gasteiger partial charge in [-0.15, -0.1) is 0 Å². The van der Waals surface area contributed by atoms with Crippen molar-refractivity contribution in [3.05, 3.63) is 18.4 Å². The molecule has 0 amide bonds. The van der Waals surface area contributed by atoms with E-state index in [4.69, 9.17) is 4.42 Å². The van der Waals surface area contributed by atoms with Gasteiger partial charge in [-0.3, -0.25) is 0 Å². The van der Waals surface area contributed by atoms with Gasteiger partial charge in [0, 0.05) is 6.42 Å². The highest BCUT2D eigenvalue weighted by Crippen LogP contribution is 2.14. The van der Waals surface area contributed by atoms with E-state index in [0.29, 0.717) is 11.8 Å². The molecule has 13 heavy (non-hydrogen) atoms. The molecule has 0 N–H and O–H groups in total. The minimum absolute atomic E-state index is 0.647. The summed E-state index contributed by atoms with van der Waals surface area (Å²) in [6.07, 6.45) is 4.27. The lowest BCUT2D eigenvalue weighted by atomic mass is 9.95. The van der Waals surface area contributed by atoms with Gasteiger partial charge in [-0.25, -0.2) is 4.98 Å². The number of hydrogen-bond acceptors (Lipinski definition) is 2. The van der Waals surface area contributed by atoms with Crippen LogP contribution in [0, 0.1) is 11.8 Å². The van der Waals surface area contributed by atoms with Crippen LogP contribution in [0.1, 0.15) is 40.5 Å². The van der Waals surface area contributed by atoms with Crippen molar-refractivity contribution in [3.8, 4) is 0 Å². The molecule has 1 aromatic rings. The smallest absolute Gasteiger partial charge is 0.194 e. The molecule has 0 radical (unpaired) electrons. The molecule has 0 bridgehead atoms. The van der Waals surface area contributed by atoms with Gasteiger partial charge in [0.05, 0.1) is 6.20 Å². The van der Waals surface area contributed by atoms with Gasteiger partial charge in [-0.05, 0) is 11.8 Å². The molecule has 0 aliphatic rings. The molecule has 0 aromatic carbocycles. The van der Waals surface area contributed by atoms with E-state index in [2.05, 4.69) is 25.8 Å². The van der Waals surface area contributed by atoms with Crippen molar-refractivity contribution < 1.29 is 4.42 Å². The summed E-state index contributed by atoms with van der Waals surface area (Å²) in [4.78, 5) is 4.07. The Bertz CT molecular complexity index is 192. The number of aromatic nitrogens is 1. The average molecular weight is 183 g/mol. The third-order valence-corrected chi connectivity index (χ3v) is 2.12. The summed E-state index contributed by atoms with van der Waals surface area (Å²) in [5, 5.41) is 0. The summed E-state index contributed by atoms with van der Waals surface area (Å²) in [6.45, 7) is 10.6. The van der Waals surface area contributed by atoms with Crippen LogP contribution in [0.2, 0.25) is 0 Å². The van der Waals surface area contributed by atoms with Crippen LogP contribution >= 0.6 is 0 Å². The van der Waals surface area contributed by atoms with Crippen molar-refractivity contribution in [2.45, 2.75) is 41.0 Å². The molecule has 1 aromatic heterocycles. The van der Waals surface area contributed by atoms with Crippen molar-refractivity contribution >= 4 is 0 Å². The number of oxazole rings is 1. The Morgan fingerprint density at radius 3 is 2.31 bits per heavy atom. The van der Waals surface area contributed by atoms with Gasteiger partial charge >= 0.3 is 0 Å². The quantitative estimate of drug-likeness (QED) is 0.716. The lowest BCUT2D eigenvalue weighted by Crippen LogP contribution is -2.07. The summed E-state index contributed by atoms with van der Waals surface area (Å²) >= 11 is 0. The van der Waals surface area contributed by atoms with E-state index in [0.717, 1.165) is 12.3 Å². The van der Waals surface area contributed by atoms with Crippen molar-refractivity contribution in [3.63, 3.8) is 0 Å². The Kier molecular flexibility index (Phi) is 6.29. The van der Waals surface area contributed by atoms with E-state index in [1.807, 2.05) is 13.8 Å². The zero-order valence-electron chi connectivity index (χ0n) is 9.37. The molecule has 1 atom stereocenters. The zero-order valence-corrected chi connectivity index (χ0v) is 9.37. The highest BCUT2D eigenvalue weighted by Gasteiger charge is 2.09. The van der Waals surface area contributed by atoms with E-state index < -0.39 is 0 Å². The van der Waals surface area contributed by atoms with E-state index in [1.165, 1.54) is 0 Å². The number of hydrogen-bond donors (Lipinski definition) is 0. The third kappa shape index (κ3) is 4.71. The average Bonchev–Trinajstić information content (AvgIpc) is 2.60. The van der Waals surface area contributed by atoms with Gasteiger partial charge < -0.3 is 4.42 Å². The second kappa shape index (κ2) is 6.70. The second-order valence-electron chi connectivity index (χ2n) is 3.35. The summed E-state index contributed by atoms with van der Waals surface area (Å²) < 4.78 is 5.14. The molecular formula is C11H21NO. The van der Waals surface area contributed by atoms with Crippen molar-refractivity contribution in [2.75, 3.05) is 0 Å². The fraction of sp³-hybridized carbons (Fsp3) is 0.727. The molecule has 0 fully saturated rings. The van der Waals surface area contributed by atoms with Crippen molar-refractivity contribution in [1.82, 2.24) is 4.98 Å². The van der Waals surface area contributed by atoms with E-state index in [9.17, 15) is 0 Å². The van der Waals surface area contributed by atoms with Crippen LogP contribution in [0.3, 0.4) is 0 Å². The van der Waals surface area contributed by atoms with Crippen LogP contribution in [-0.4, -0.2) is 4.98 Å². The lowest BCUT2D eigenvalue weighted by Gasteiger charge is -2.12. The maximum Gasteiger partial charge on any atom is 0.194 e. The number of rotatable bonds is 3. The molecule has 0 spiro atoms. The van der Waals surface area contributed by atoms with Gasteiger partial charge in [0.1, 0.15) is 6.26 Å². The third-order valence-electron chi connectivity index (χ3n) is 2.12. The SMILES string of the molecule is CC.CC(C)C(C)Cc1ncco1. The van der Waals surface area contributed by atoms with Crippen LogP contribution in [0.4, 0.5) is 0 Å². The minimum Gasteiger partial charge on any atom is -0.449 e. The first-order chi connectivity index (χ1) is 6.20. The summed E-state index contributed by atoms with van der Waals surface area (Å²) in [5.41, 5.74) is 0. The van der Waals surface area contributed by atoms with Crippen LogP contribution in [0.25, 0.3) is 0 Å². The van der Waals surface area contributed by atoms with Gasteiger partial charge in [0.2, 0.25) is 0 Å². The Morgan fingerprint density at radius 2 is 1.92 bits per heavy atom. The molecule has 0 saturated carbocycles. The predicted octanol–water partition coefficient (Wildman–Crippen LogP) is 3.54. The van der Waals surface area contributed by atoms with Gasteiger partial charge in [-0.2, -0.15) is 0 Å². The number of nitrogens with zero attached hydrogens (tertiary/aromatic N) is 1. The van der Waals surface area contributed by atoms with Gasteiger partial charge in [-0.1, -0.05) is 34.6 Å². The standard InChI is InChI=1S/C9H15NO.C2H6/c1-7(2)8(3)6-9-10-4-5-11-9;1-2/h4-5,7-8H,6H2,1-3H3;1-2H3. The molecular weight excluding hydrogens is 162 g/mol. The van der Waals surface area contributed by atoms with Crippen molar-refractivity contribution in [1.29, 1.82) is 0 Å². The molecule has 2 nitrogen and oxygen atoms in total. The van der Waals surface area contributed by atoms with Gasteiger partial charge in [0.15, 0.2) is 5.89 Å². The zero-order chi connectivity index (χ0) is 10.3. The van der Waals surface area contributed by atoms with Crippen LogP contribution < -0.4 is 0 Å². The molecule has 76 valence electrons. The van der Waals surface area contributed by atoms with Gasteiger partial charge in [0.25, 0.3) is 0 Å². The predicted molar refractivity (Wildman–Crippen MR) is 55.6 cm³/mol. The van der Waals surface area contributed by atoms with E-state index in [1.54, 1.807) is 12.5 Å². The summed E-state index contributed by atoms with van der Waals surface area (Å²) in [7, 11) is 0. The van der Waals surface area contributed by atoms with Crippen LogP contribution in [-0.2, 0) is 6.42 Å². The monoisotopic (exact) mass is 183 g/mol.